The SMILES string of the molecule is CCC1(c2ccccc2)NC(=O)N(CC(=O)N(C)C)C1=O. The van der Waals surface area contributed by atoms with Crippen LogP contribution in [0.5, 0.6) is 0 Å². The number of carbonyl (C=O) groups is 3. The molecule has 0 radical (unpaired) electrons. The van der Waals surface area contributed by atoms with Crippen molar-refractivity contribution in [2.24, 2.45) is 0 Å². The van der Waals surface area contributed by atoms with Crippen LogP contribution < -0.4 is 5.32 Å². The maximum absolute atomic E-state index is 12.7. The Morgan fingerprint density at radius 2 is 1.86 bits per heavy atom. The van der Waals surface area contributed by atoms with Gasteiger partial charge in [0, 0.05) is 14.1 Å². The lowest BCUT2D eigenvalue weighted by Crippen LogP contribution is -2.44. The predicted molar refractivity (Wildman–Crippen MR) is 77.3 cm³/mol. The van der Waals surface area contributed by atoms with Crippen molar-refractivity contribution >= 4 is 17.8 Å². The van der Waals surface area contributed by atoms with Crippen molar-refractivity contribution in [3.05, 3.63) is 35.9 Å². The van der Waals surface area contributed by atoms with Crippen LogP contribution in [0.2, 0.25) is 0 Å². The average molecular weight is 289 g/mol. The number of rotatable bonds is 4. The molecule has 1 fully saturated rings. The van der Waals surface area contributed by atoms with Gasteiger partial charge in [0.25, 0.3) is 5.91 Å². The Labute approximate surface area is 123 Å². The molecule has 1 saturated heterocycles. The Balaban J connectivity index is 2.33. The van der Waals surface area contributed by atoms with Gasteiger partial charge in [-0.05, 0) is 12.0 Å². The maximum Gasteiger partial charge on any atom is 0.325 e. The number of urea groups is 1. The topological polar surface area (TPSA) is 69.7 Å². The van der Waals surface area contributed by atoms with Crippen LogP contribution in [0.4, 0.5) is 4.79 Å². The number of nitrogens with zero attached hydrogens (tertiary/aromatic N) is 2. The molecule has 2 rings (SSSR count). The highest BCUT2D eigenvalue weighted by Crippen LogP contribution is 2.32. The Bertz CT molecular complexity index is 571. The van der Waals surface area contributed by atoms with Crippen molar-refractivity contribution in [1.29, 1.82) is 0 Å². The number of hydrogen-bond acceptors (Lipinski definition) is 3. The van der Waals surface area contributed by atoms with Gasteiger partial charge in [0.2, 0.25) is 5.91 Å². The standard InChI is InChI=1S/C15H19N3O3/c1-4-15(11-8-6-5-7-9-11)13(20)18(14(21)16-15)10-12(19)17(2)3/h5-9H,4,10H2,1-3H3,(H,16,21). The summed E-state index contributed by atoms with van der Waals surface area (Å²) in [6.07, 6.45) is 0.425. The van der Waals surface area contributed by atoms with E-state index in [1.54, 1.807) is 26.2 Å². The number of likely N-dealkylation sites (N-methyl/N-ethyl adjacent to an activating group) is 1. The molecule has 112 valence electrons. The molecule has 1 unspecified atom stereocenters. The van der Waals surface area contributed by atoms with E-state index < -0.39 is 11.6 Å². The zero-order chi connectivity index (χ0) is 15.6. The van der Waals surface area contributed by atoms with Crippen LogP contribution in [0, 0.1) is 0 Å². The van der Waals surface area contributed by atoms with Gasteiger partial charge in [-0.15, -0.1) is 0 Å². The second kappa shape index (κ2) is 5.55. The maximum atomic E-state index is 12.7. The lowest BCUT2D eigenvalue weighted by molar-refractivity contribution is -0.138. The number of amides is 4. The predicted octanol–water partition coefficient (Wildman–Crippen LogP) is 0.932. The Morgan fingerprint density at radius 3 is 2.38 bits per heavy atom. The number of nitrogens with one attached hydrogen (secondary N) is 1. The molecule has 1 heterocycles. The minimum atomic E-state index is -1.08. The van der Waals surface area contributed by atoms with Gasteiger partial charge in [0.05, 0.1) is 0 Å². The van der Waals surface area contributed by atoms with Crippen LogP contribution in [-0.4, -0.2) is 48.3 Å². The lowest BCUT2D eigenvalue weighted by atomic mass is 9.87. The van der Waals surface area contributed by atoms with E-state index in [1.807, 2.05) is 25.1 Å². The summed E-state index contributed by atoms with van der Waals surface area (Å²) in [6.45, 7) is 1.59. The highest BCUT2D eigenvalue weighted by molar-refractivity contribution is 6.09. The van der Waals surface area contributed by atoms with Crippen LogP contribution in [0.25, 0.3) is 0 Å². The fourth-order valence-electron chi connectivity index (χ4n) is 2.41. The third-order valence-corrected chi connectivity index (χ3v) is 3.76. The molecular formula is C15H19N3O3. The molecule has 6 nitrogen and oxygen atoms in total. The molecule has 1 N–H and O–H groups in total. The summed E-state index contributed by atoms with van der Waals surface area (Å²) >= 11 is 0. The van der Waals surface area contributed by atoms with Crippen molar-refractivity contribution in [2.45, 2.75) is 18.9 Å². The molecule has 0 aromatic heterocycles. The molecule has 0 saturated carbocycles. The second-order valence-electron chi connectivity index (χ2n) is 5.23. The smallest absolute Gasteiger partial charge is 0.325 e. The highest BCUT2D eigenvalue weighted by Gasteiger charge is 2.51. The second-order valence-corrected chi connectivity index (χ2v) is 5.23. The van der Waals surface area contributed by atoms with Gasteiger partial charge in [-0.1, -0.05) is 37.3 Å². The molecule has 1 aromatic carbocycles. The summed E-state index contributed by atoms with van der Waals surface area (Å²) in [5.41, 5.74) is -0.351. The number of benzene rings is 1. The molecule has 1 atom stereocenters. The van der Waals surface area contributed by atoms with Crippen LogP contribution >= 0.6 is 0 Å². The molecule has 1 aliphatic rings. The van der Waals surface area contributed by atoms with Gasteiger partial charge in [0.15, 0.2) is 0 Å². The summed E-state index contributed by atoms with van der Waals surface area (Å²) in [5, 5.41) is 2.74. The van der Waals surface area contributed by atoms with E-state index in [-0.39, 0.29) is 18.4 Å². The van der Waals surface area contributed by atoms with Gasteiger partial charge in [-0.25, -0.2) is 4.79 Å². The molecule has 21 heavy (non-hydrogen) atoms. The molecule has 0 aliphatic carbocycles. The van der Waals surface area contributed by atoms with Gasteiger partial charge in [0.1, 0.15) is 12.1 Å². The van der Waals surface area contributed by atoms with Crippen molar-refractivity contribution in [1.82, 2.24) is 15.1 Å². The highest BCUT2D eigenvalue weighted by atomic mass is 16.2. The quantitative estimate of drug-likeness (QED) is 0.838. The van der Waals surface area contributed by atoms with E-state index in [4.69, 9.17) is 0 Å². The summed E-state index contributed by atoms with van der Waals surface area (Å²) in [6, 6.07) is 8.57. The minimum absolute atomic E-state index is 0.244. The van der Waals surface area contributed by atoms with E-state index in [0.29, 0.717) is 6.42 Å². The first-order valence-electron chi connectivity index (χ1n) is 6.82. The minimum Gasteiger partial charge on any atom is -0.347 e. The lowest BCUT2D eigenvalue weighted by Gasteiger charge is -2.25. The van der Waals surface area contributed by atoms with Crippen molar-refractivity contribution in [3.63, 3.8) is 0 Å². The summed E-state index contributed by atoms with van der Waals surface area (Å²) in [7, 11) is 3.18. The summed E-state index contributed by atoms with van der Waals surface area (Å²) in [4.78, 5) is 38.9. The number of carbonyl (C=O) groups excluding carboxylic acids is 3. The Morgan fingerprint density at radius 1 is 1.24 bits per heavy atom. The van der Waals surface area contributed by atoms with Crippen molar-refractivity contribution in [3.8, 4) is 0 Å². The van der Waals surface area contributed by atoms with Gasteiger partial charge >= 0.3 is 6.03 Å². The third kappa shape index (κ3) is 2.49. The van der Waals surface area contributed by atoms with Gasteiger partial charge in [-0.2, -0.15) is 0 Å². The Kier molecular flexibility index (Phi) is 3.97. The first-order valence-corrected chi connectivity index (χ1v) is 6.82. The van der Waals surface area contributed by atoms with E-state index in [9.17, 15) is 14.4 Å². The number of hydrogen-bond donors (Lipinski definition) is 1. The summed E-state index contributed by atoms with van der Waals surface area (Å²) < 4.78 is 0. The molecule has 4 amide bonds. The van der Waals surface area contributed by atoms with Crippen molar-refractivity contribution < 1.29 is 14.4 Å². The largest absolute Gasteiger partial charge is 0.347 e. The Hall–Kier alpha value is -2.37. The average Bonchev–Trinajstić information content (AvgIpc) is 2.73. The molecule has 1 aromatic rings. The molecule has 6 heteroatoms. The van der Waals surface area contributed by atoms with E-state index in [2.05, 4.69) is 5.32 Å². The van der Waals surface area contributed by atoms with E-state index in [0.717, 1.165) is 10.5 Å². The van der Waals surface area contributed by atoms with Crippen LogP contribution in [0.3, 0.4) is 0 Å². The molecule has 0 spiro atoms. The van der Waals surface area contributed by atoms with Crippen LogP contribution in [0.15, 0.2) is 30.3 Å². The van der Waals surface area contributed by atoms with E-state index >= 15 is 0 Å². The third-order valence-electron chi connectivity index (χ3n) is 3.76. The van der Waals surface area contributed by atoms with Crippen molar-refractivity contribution in [2.75, 3.05) is 20.6 Å². The zero-order valence-corrected chi connectivity index (χ0v) is 12.4. The van der Waals surface area contributed by atoms with E-state index in [1.165, 1.54) is 4.90 Å². The van der Waals surface area contributed by atoms with Crippen LogP contribution in [0.1, 0.15) is 18.9 Å². The van der Waals surface area contributed by atoms with Crippen LogP contribution in [-0.2, 0) is 15.1 Å². The summed E-state index contributed by atoms with van der Waals surface area (Å²) in [5.74, 6) is -0.671. The fourth-order valence-corrected chi connectivity index (χ4v) is 2.41. The monoisotopic (exact) mass is 289 g/mol. The molecular weight excluding hydrogens is 270 g/mol. The zero-order valence-electron chi connectivity index (χ0n) is 12.4. The molecule has 0 bridgehead atoms. The fraction of sp³-hybridized carbons (Fsp3) is 0.400. The van der Waals surface area contributed by atoms with Gasteiger partial charge in [-0.3, -0.25) is 14.5 Å². The molecule has 1 aliphatic heterocycles. The van der Waals surface area contributed by atoms with Gasteiger partial charge < -0.3 is 10.2 Å². The normalized spacial score (nSPS) is 21.4. The first kappa shape index (κ1) is 15.0. The first-order chi connectivity index (χ1) is 9.92. The number of imide groups is 1.